The molecule has 0 aliphatic heterocycles. The SMILES string of the molecule is CCCCC[C@H](N)c1cc(Br)c(O)c(Br)c1. The van der Waals surface area contributed by atoms with Gasteiger partial charge in [-0.25, -0.2) is 0 Å². The number of aromatic hydroxyl groups is 1. The Bertz CT molecular complexity index is 332. The maximum atomic E-state index is 9.59. The number of unbranched alkanes of at least 4 members (excludes halogenated alkanes) is 2. The fraction of sp³-hybridized carbons (Fsp3) is 0.500. The number of phenolic OH excluding ortho intramolecular Hbond substituents is 1. The molecule has 0 spiro atoms. The van der Waals surface area contributed by atoms with E-state index in [1.807, 2.05) is 12.1 Å². The quantitative estimate of drug-likeness (QED) is 0.768. The van der Waals surface area contributed by atoms with Crippen molar-refractivity contribution in [3.05, 3.63) is 26.6 Å². The van der Waals surface area contributed by atoms with Gasteiger partial charge in [0.15, 0.2) is 0 Å². The summed E-state index contributed by atoms with van der Waals surface area (Å²) >= 11 is 6.62. The lowest BCUT2D eigenvalue weighted by Crippen LogP contribution is -2.10. The summed E-state index contributed by atoms with van der Waals surface area (Å²) in [6.45, 7) is 2.18. The van der Waals surface area contributed by atoms with Crippen molar-refractivity contribution in [3.63, 3.8) is 0 Å². The lowest BCUT2D eigenvalue weighted by atomic mass is 10.0. The molecule has 0 radical (unpaired) electrons. The number of nitrogens with two attached hydrogens (primary N) is 1. The van der Waals surface area contributed by atoms with E-state index in [1.54, 1.807) is 0 Å². The number of phenols is 1. The number of rotatable bonds is 5. The van der Waals surface area contributed by atoms with Gasteiger partial charge in [-0.05, 0) is 56.0 Å². The van der Waals surface area contributed by atoms with Crippen molar-refractivity contribution >= 4 is 31.9 Å². The Morgan fingerprint density at radius 1 is 1.25 bits per heavy atom. The summed E-state index contributed by atoms with van der Waals surface area (Å²) in [7, 11) is 0. The lowest BCUT2D eigenvalue weighted by molar-refractivity contribution is 0.467. The van der Waals surface area contributed by atoms with Gasteiger partial charge in [-0.15, -0.1) is 0 Å². The van der Waals surface area contributed by atoms with Crippen LogP contribution >= 0.6 is 31.9 Å². The first-order valence-electron chi connectivity index (χ1n) is 5.49. The molecule has 0 saturated heterocycles. The van der Waals surface area contributed by atoms with Crippen LogP contribution in [0.15, 0.2) is 21.1 Å². The second-order valence-corrected chi connectivity index (χ2v) is 5.64. The molecular formula is C12H17Br2NO. The van der Waals surface area contributed by atoms with Crippen LogP contribution in [0.5, 0.6) is 5.75 Å². The van der Waals surface area contributed by atoms with E-state index < -0.39 is 0 Å². The Labute approximate surface area is 113 Å². The fourth-order valence-electron chi connectivity index (χ4n) is 1.58. The number of halogens is 2. The van der Waals surface area contributed by atoms with Crippen LogP contribution in [0.2, 0.25) is 0 Å². The highest BCUT2D eigenvalue weighted by Gasteiger charge is 2.11. The van der Waals surface area contributed by atoms with Crippen molar-refractivity contribution in [2.45, 2.75) is 38.6 Å². The van der Waals surface area contributed by atoms with Crippen molar-refractivity contribution in [1.29, 1.82) is 0 Å². The first-order valence-corrected chi connectivity index (χ1v) is 7.08. The van der Waals surface area contributed by atoms with E-state index in [-0.39, 0.29) is 11.8 Å². The number of hydrogen-bond acceptors (Lipinski definition) is 2. The molecule has 0 fully saturated rings. The third-order valence-electron chi connectivity index (χ3n) is 2.59. The molecular weight excluding hydrogens is 334 g/mol. The fourth-order valence-corrected chi connectivity index (χ4v) is 2.80. The van der Waals surface area contributed by atoms with Gasteiger partial charge in [0.2, 0.25) is 0 Å². The van der Waals surface area contributed by atoms with Crippen LogP contribution in [0.25, 0.3) is 0 Å². The highest BCUT2D eigenvalue weighted by atomic mass is 79.9. The molecule has 1 atom stereocenters. The van der Waals surface area contributed by atoms with E-state index in [4.69, 9.17) is 5.73 Å². The zero-order valence-corrected chi connectivity index (χ0v) is 12.5. The molecule has 1 aromatic rings. The second kappa shape index (κ2) is 6.62. The maximum absolute atomic E-state index is 9.59. The molecule has 0 bridgehead atoms. The summed E-state index contributed by atoms with van der Waals surface area (Å²) < 4.78 is 1.37. The summed E-state index contributed by atoms with van der Waals surface area (Å²) in [6.07, 6.45) is 4.55. The predicted molar refractivity (Wildman–Crippen MR) is 74.6 cm³/mol. The molecule has 2 nitrogen and oxygen atoms in total. The van der Waals surface area contributed by atoms with Crippen LogP contribution in [0.4, 0.5) is 0 Å². The molecule has 3 N–H and O–H groups in total. The van der Waals surface area contributed by atoms with E-state index in [0.717, 1.165) is 18.4 Å². The van der Waals surface area contributed by atoms with Gasteiger partial charge in [0, 0.05) is 6.04 Å². The molecule has 1 aromatic carbocycles. The second-order valence-electron chi connectivity index (χ2n) is 3.94. The van der Waals surface area contributed by atoms with Gasteiger partial charge in [0.25, 0.3) is 0 Å². The minimum Gasteiger partial charge on any atom is -0.506 e. The van der Waals surface area contributed by atoms with Crippen molar-refractivity contribution in [2.24, 2.45) is 5.73 Å². The van der Waals surface area contributed by atoms with Gasteiger partial charge in [-0.1, -0.05) is 26.2 Å². The van der Waals surface area contributed by atoms with Crippen molar-refractivity contribution < 1.29 is 5.11 Å². The third kappa shape index (κ3) is 3.75. The molecule has 0 unspecified atom stereocenters. The highest BCUT2D eigenvalue weighted by molar-refractivity contribution is 9.11. The lowest BCUT2D eigenvalue weighted by Gasteiger charge is -2.13. The van der Waals surface area contributed by atoms with E-state index in [1.165, 1.54) is 12.8 Å². The number of benzene rings is 1. The smallest absolute Gasteiger partial charge is 0.143 e. The summed E-state index contributed by atoms with van der Waals surface area (Å²) in [4.78, 5) is 0. The molecule has 90 valence electrons. The van der Waals surface area contributed by atoms with Gasteiger partial charge in [0.05, 0.1) is 8.95 Å². The number of hydrogen-bond donors (Lipinski definition) is 2. The monoisotopic (exact) mass is 349 g/mol. The standard InChI is InChI=1S/C12H17Br2NO/c1-2-3-4-5-11(15)8-6-9(13)12(16)10(14)7-8/h6-7,11,16H,2-5,15H2,1H3/t11-/m0/s1. The molecule has 0 heterocycles. The molecule has 0 amide bonds. The highest BCUT2D eigenvalue weighted by Crippen LogP contribution is 2.35. The van der Waals surface area contributed by atoms with E-state index in [9.17, 15) is 5.11 Å². The van der Waals surface area contributed by atoms with Crippen molar-refractivity contribution in [2.75, 3.05) is 0 Å². The van der Waals surface area contributed by atoms with Crippen LogP contribution in [0.1, 0.15) is 44.2 Å². The first-order chi connectivity index (χ1) is 7.56. The average molecular weight is 351 g/mol. The summed E-state index contributed by atoms with van der Waals surface area (Å²) in [5.41, 5.74) is 7.15. The van der Waals surface area contributed by atoms with E-state index in [2.05, 4.69) is 38.8 Å². The zero-order chi connectivity index (χ0) is 12.1. The third-order valence-corrected chi connectivity index (χ3v) is 3.80. The van der Waals surface area contributed by atoms with Gasteiger partial charge >= 0.3 is 0 Å². The Hall–Kier alpha value is -0.0600. The Morgan fingerprint density at radius 3 is 2.31 bits per heavy atom. The van der Waals surface area contributed by atoms with Gasteiger partial charge in [-0.2, -0.15) is 0 Å². The maximum Gasteiger partial charge on any atom is 0.143 e. The molecule has 0 aliphatic carbocycles. The molecule has 0 aliphatic rings. The van der Waals surface area contributed by atoms with Gasteiger partial charge in [-0.3, -0.25) is 0 Å². The summed E-state index contributed by atoms with van der Waals surface area (Å²) in [5, 5.41) is 9.59. The molecule has 1 rings (SSSR count). The molecule has 4 heteroatoms. The Balaban J connectivity index is 2.72. The predicted octanol–water partition coefficient (Wildman–Crippen LogP) is 4.50. The minimum absolute atomic E-state index is 0.0414. The Kier molecular flexibility index (Phi) is 5.79. The van der Waals surface area contributed by atoms with Crippen LogP contribution in [-0.4, -0.2) is 5.11 Å². The summed E-state index contributed by atoms with van der Waals surface area (Å²) in [6, 6.07) is 3.81. The van der Waals surface area contributed by atoms with E-state index in [0.29, 0.717) is 8.95 Å². The van der Waals surface area contributed by atoms with E-state index >= 15 is 0 Å². The average Bonchev–Trinajstić information content (AvgIpc) is 2.25. The molecule has 0 saturated carbocycles. The van der Waals surface area contributed by atoms with Crippen LogP contribution in [0, 0.1) is 0 Å². The summed E-state index contributed by atoms with van der Waals surface area (Å²) in [5.74, 6) is 0.226. The zero-order valence-electron chi connectivity index (χ0n) is 9.34. The minimum atomic E-state index is 0.0414. The van der Waals surface area contributed by atoms with Crippen LogP contribution in [-0.2, 0) is 0 Å². The largest absolute Gasteiger partial charge is 0.506 e. The van der Waals surface area contributed by atoms with Crippen LogP contribution in [0.3, 0.4) is 0 Å². The molecule has 0 aromatic heterocycles. The topological polar surface area (TPSA) is 46.2 Å². The van der Waals surface area contributed by atoms with Crippen LogP contribution < -0.4 is 5.73 Å². The van der Waals surface area contributed by atoms with Crippen molar-refractivity contribution in [3.8, 4) is 5.75 Å². The molecule has 16 heavy (non-hydrogen) atoms. The normalized spacial score (nSPS) is 12.8. The van der Waals surface area contributed by atoms with Gasteiger partial charge in [0.1, 0.15) is 5.75 Å². The first kappa shape index (κ1) is 14.0. The van der Waals surface area contributed by atoms with Crippen molar-refractivity contribution in [1.82, 2.24) is 0 Å². The Morgan fingerprint density at radius 2 is 1.81 bits per heavy atom. The van der Waals surface area contributed by atoms with Gasteiger partial charge < -0.3 is 10.8 Å².